The molecule has 0 spiro atoms. The van der Waals surface area contributed by atoms with Crippen LogP contribution < -0.4 is 0 Å². The first-order valence-corrected chi connectivity index (χ1v) is 9.89. The van der Waals surface area contributed by atoms with Gasteiger partial charge in [-0.15, -0.1) is 0 Å². The van der Waals surface area contributed by atoms with Gasteiger partial charge < -0.3 is 9.40 Å². The monoisotopic (exact) mass is 344 g/mol. The first-order chi connectivity index (χ1) is 12.4. The van der Waals surface area contributed by atoms with E-state index in [9.17, 15) is 0 Å². The molecule has 0 radical (unpaired) electrons. The number of hydrogen-bond donors (Lipinski definition) is 1. The summed E-state index contributed by atoms with van der Waals surface area (Å²) < 4.78 is 5.85. The van der Waals surface area contributed by atoms with Crippen LogP contribution in [0.5, 0.6) is 0 Å². The second-order valence-electron chi connectivity index (χ2n) is 4.82. The summed E-state index contributed by atoms with van der Waals surface area (Å²) in [6, 6.07) is 8.23. The lowest BCUT2D eigenvalue weighted by Crippen LogP contribution is -1.83. The number of unbranched alkanes of at least 4 members (excludes halogenated alkanes) is 2. The molecular weight excluding hydrogens is 308 g/mol. The standard InChI is InChI=1S/C16H18N2O.3C2H6/c1-2-3-4-9-16-18-11-15(19-16)13-10-17-14-8-6-5-7-12(13)14;3*1-2/h5-8,10-11,17H,2-4,9H2,1H3;3*1-2H3. The molecule has 0 aliphatic rings. The van der Waals surface area contributed by atoms with E-state index in [0.717, 1.165) is 35.6 Å². The molecule has 2 heterocycles. The van der Waals surface area contributed by atoms with Crippen molar-refractivity contribution in [1.82, 2.24) is 9.97 Å². The Hall–Kier alpha value is -2.03. The number of H-pyrrole nitrogens is 1. The van der Waals surface area contributed by atoms with Crippen LogP contribution in [0.25, 0.3) is 22.2 Å². The van der Waals surface area contributed by atoms with Crippen LogP contribution in [0.4, 0.5) is 0 Å². The van der Waals surface area contributed by atoms with Gasteiger partial charge in [-0.05, 0) is 12.5 Å². The highest BCUT2D eigenvalue weighted by Crippen LogP contribution is 2.29. The van der Waals surface area contributed by atoms with Crippen LogP contribution in [-0.4, -0.2) is 9.97 Å². The third kappa shape index (κ3) is 6.77. The predicted molar refractivity (Wildman–Crippen MR) is 111 cm³/mol. The Labute approximate surface area is 153 Å². The van der Waals surface area contributed by atoms with Crippen LogP contribution in [0.15, 0.2) is 41.1 Å². The van der Waals surface area contributed by atoms with Gasteiger partial charge in [0.2, 0.25) is 0 Å². The van der Waals surface area contributed by atoms with Gasteiger partial charge in [-0.25, -0.2) is 4.98 Å². The molecule has 0 saturated heterocycles. The zero-order valence-electron chi connectivity index (χ0n) is 17.1. The second kappa shape index (κ2) is 14.3. The molecular formula is C22H36N2O. The van der Waals surface area contributed by atoms with Gasteiger partial charge in [-0.1, -0.05) is 79.5 Å². The highest BCUT2D eigenvalue weighted by molar-refractivity contribution is 5.93. The van der Waals surface area contributed by atoms with Gasteiger partial charge >= 0.3 is 0 Å². The lowest BCUT2D eigenvalue weighted by molar-refractivity contribution is 0.493. The topological polar surface area (TPSA) is 41.8 Å². The van der Waals surface area contributed by atoms with Crippen LogP contribution in [0.1, 0.15) is 73.6 Å². The van der Waals surface area contributed by atoms with E-state index in [4.69, 9.17) is 4.42 Å². The Morgan fingerprint density at radius 2 is 1.64 bits per heavy atom. The number of benzene rings is 1. The van der Waals surface area contributed by atoms with Crippen molar-refractivity contribution in [1.29, 1.82) is 0 Å². The maximum atomic E-state index is 5.85. The Balaban J connectivity index is 0.000000871. The minimum atomic E-state index is 0.841. The first-order valence-electron chi connectivity index (χ1n) is 9.89. The van der Waals surface area contributed by atoms with E-state index in [1.54, 1.807) is 0 Å². The zero-order chi connectivity index (χ0) is 19.1. The van der Waals surface area contributed by atoms with E-state index in [-0.39, 0.29) is 0 Å². The fraction of sp³-hybridized carbons (Fsp3) is 0.500. The van der Waals surface area contributed by atoms with Crippen molar-refractivity contribution in [2.75, 3.05) is 0 Å². The van der Waals surface area contributed by atoms with Crippen molar-refractivity contribution in [2.24, 2.45) is 0 Å². The number of oxazole rings is 1. The molecule has 1 N–H and O–H groups in total. The van der Waals surface area contributed by atoms with Crippen molar-refractivity contribution in [3.05, 3.63) is 42.5 Å². The average Bonchev–Trinajstić information content (AvgIpc) is 3.33. The molecule has 0 unspecified atom stereocenters. The number of nitrogens with zero attached hydrogens (tertiary/aromatic N) is 1. The number of hydrogen-bond acceptors (Lipinski definition) is 2. The molecule has 0 saturated carbocycles. The van der Waals surface area contributed by atoms with Crippen molar-refractivity contribution in [3.8, 4) is 11.3 Å². The summed E-state index contributed by atoms with van der Waals surface area (Å²) in [5, 5.41) is 1.18. The third-order valence-corrected chi connectivity index (χ3v) is 3.40. The summed E-state index contributed by atoms with van der Waals surface area (Å²) in [5.74, 6) is 1.69. The molecule has 3 rings (SSSR count). The molecule has 2 aromatic heterocycles. The fourth-order valence-electron chi connectivity index (χ4n) is 2.35. The first kappa shape index (κ1) is 23.0. The second-order valence-corrected chi connectivity index (χ2v) is 4.82. The SMILES string of the molecule is CC.CC.CC.CCCCCc1ncc(-c2c[nH]c3ccccc23)o1. The molecule has 140 valence electrons. The molecule has 0 aliphatic carbocycles. The highest BCUT2D eigenvalue weighted by atomic mass is 16.4. The smallest absolute Gasteiger partial charge is 0.194 e. The van der Waals surface area contributed by atoms with Gasteiger partial charge in [0.25, 0.3) is 0 Å². The molecule has 0 atom stereocenters. The maximum Gasteiger partial charge on any atom is 0.194 e. The normalized spacial score (nSPS) is 9.24. The van der Waals surface area contributed by atoms with E-state index in [1.165, 1.54) is 18.2 Å². The van der Waals surface area contributed by atoms with Crippen molar-refractivity contribution in [2.45, 2.75) is 74.1 Å². The molecule has 0 amide bonds. The minimum Gasteiger partial charge on any atom is -0.441 e. The van der Waals surface area contributed by atoms with Crippen LogP contribution in [0, 0.1) is 0 Å². The molecule has 3 aromatic rings. The van der Waals surface area contributed by atoms with Gasteiger partial charge in [0.15, 0.2) is 11.7 Å². The van der Waals surface area contributed by atoms with Crippen LogP contribution in [0.2, 0.25) is 0 Å². The lowest BCUT2D eigenvalue weighted by atomic mass is 10.1. The Morgan fingerprint density at radius 3 is 2.32 bits per heavy atom. The van der Waals surface area contributed by atoms with Crippen LogP contribution in [-0.2, 0) is 6.42 Å². The quantitative estimate of drug-likeness (QED) is 0.483. The van der Waals surface area contributed by atoms with Crippen LogP contribution in [0.3, 0.4) is 0 Å². The van der Waals surface area contributed by atoms with Crippen molar-refractivity contribution >= 4 is 10.9 Å². The number of aromatic nitrogens is 2. The number of aryl methyl sites for hydroxylation is 1. The highest BCUT2D eigenvalue weighted by Gasteiger charge is 2.10. The Bertz CT molecular complexity index is 667. The summed E-state index contributed by atoms with van der Waals surface area (Å²) in [7, 11) is 0. The predicted octanol–water partition coefficient (Wildman–Crippen LogP) is 7.63. The summed E-state index contributed by atoms with van der Waals surface area (Å²) in [6.07, 6.45) is 8.33. The molecule has 25 heavy (non-hydrogen) atoms. The molecule has 0 bridgehead atoms. The number of para-hydroxylation sites is 1. The third-order valence-electron chi connectivity index (χ3n) is 3.40. The number of rotatable bonds is 5. The lowest BCUT2D eigenvalue weighted by Gasteiger charge is -1.95. The van der Waals surface area contributed by atoms with Gasteiger partial charge in [-0.2, -0.15) is 0 Å². The fourth-order valence-corrected chi connectivity index (χ4v) is 2.35. The zero-order valence-corrected chi connectivity index (χ0v) is 17.1. The average molecular weight is 345 g/mol. The van der Waals surface area contributed by atoms with Gasteiger partial charge in [0, 0.05) is 29.1 Å². The van der Waals surface area contributed by atoms with E-state index >= 15 is 0 Å². The van der Waals surface area contributed by atoms with Gasteiger partial charge in [-0.3, -0.25) is 0 Å². The summed E-state index contributed by atoms with van der Waals surface area (Å²) in [6.45, 7) is 14.2. The summed E-state index contributed by atoms with van der Waals surface area (Å²) in [5.41, 5.74) is 2.21. The van der Waals surface area contributed by atoms with Gasteiger partial charge in [0.1, 0.15) is 0 Å². The number of aromatic amines is 1. The number of fused-ring (bicyclic) bond motifs is 1. The van der Waals surface area contributed by atoms with E-state index < -0.39 is 0 Å². The number of nitrogens with one attached hydrogen (secondary N) is 1. The molecule has 1 aromatic carbocycles. The molecule has 0 aliphatic heterocycles. The minimum absolute atomic E-state index is 0.841. The molecule has 3 heteroatoms. The van der Waals surface area contributed by atoms with Gasteiger partial charge in [0.05, 0.1) is 6.20 Å². The van der Waals surface area contributed by atoms with E-state index in [2.05, 4.69) is 29.0 Å². The molecule has 0 fully saturated rings. The summed E-state index contributed by atoms with van der Waals surface area (Å²) in [4.78, 5) is 7.63. The van der Waals surface area contributed by atoms with E-state index in [0.29, 0.717) is 0 Å². The van der Waals surface area contributed by atoms with Crippen LogP contribution >= 0.6 is 0 Å². The van der Waals surface area contributed by atoms with Crippen molar-refractivity contribution < 1.29 is 4.42 Å². The largest absolute Gasteiger partial charge is 0.441 e. The Kier molecular flexibility index (Phi) is 13.2. The van der Waals surface area contributed by atoms with Crippen molar-refractivity contribution in [3.63, 3.8) is 0 Å². The maximum absolute atomic E-state index is 5.85. The summed E-state index contributed by atoms with van der Waals surface area (Å²) >= 11 is 0. The van der Waals surface area contributed by atoms with E-state index in [1.807, 2.05) is 66.1 Å². The Morgan fingerprint density at radius 1 is 0.960 bits per heavy atom. The molecule has 3 nitrogen and oxygen atoms in total.